The van der Waals surface area contributed by atoms with Crippen LogP contribution in [0.4, 0.5) is 0 Å². The molecule has 7 rings (SSSR count). The Kier molecular flexibility index (Phi) is 7.19. The quantitative estimate of drug-likeness (QED) is 0.317. The van der Waals surface area contributed by atoms with E-state index in [-0.39, 0.29) is 16.6 Å². The Bertz CT molecular complexity index is 1300. The maximum Gasteiger partial charge on any atom is 0.0974 e. The molecule has 0 radical (unpaired) electrons. The molecule has 2 bridgehead atoms. The third kappa shape index (κ3) is 4.42. The van der Waals surface area contributed by atoms with Crippen molar-refractivity contribution in [3.05, 3.63) is 71.3 Å². The Balaban J connectivity index is 1.05. The van der Waals surface area contributed by atoms with Gasteiger partial charge in [-0.2, -0.15) is 0 Å². The molecule has 214 valence electrons. The Morgan fingerprint density at radius 1 is 0.950 bits per heavy atom. The summed E-state index contributed by atoms with van der Waals surface area (Å²) in [6.45, 7) is 8.57. The highest BCUT2D eigenvalue weighted by Crippen LogP contribution is 2.69. The van der Waals surface area contributed by atoms with Crippen LogP contribution in [0.2, 0.25) is 0 Å². The summed E-state index contributed by atoms with van der Waals surface area (Å²) < 4.78 is 18.8. The van der Waals surface area contributed by atoms with Gasteiger partial charge in [0.2, 0.25) is 0 Å². The molecule has 4 heteroatoms. The van der Waals surface area contributed by atoms with Gasteiger partial charge in [-0.3, -0.25) is 0 Å². The molecule has 0 amide bonds. The van der Waals surface area contributed by atoms with E-state index in [0.29, 0.717) is 31.1 Å². The topological polar surface area (TPSA) is 39.7 Å². The Morgan fingerprint density at radius 3 is 2.67 bits per heavy atom. The smallest absolute Gasteiger partial charge is 0.0974 e. The predicted molar refractivity (Wildman–Crippen MR) is 162 cm³/mol. The van der Waals surface area contributed by atoms with E-state index in [2.05, 4.69) is 73.8 Å². The summed E-state index contributed by atoms with van der Waals surface area (Å²) in [5.74, 6) is 1.18. The first-order chi connectivity index (χ1) is 19.6. The molecule has 2 heterocycles. The third-order valence-electron chi connectivity index (χ3n) is 11.3. The number of allylic oxidation sites excluding steroid dienone is 1. The third-order valence-corrected chi connectivity index (χ3v) is 11.3. The number of hydrogen-bond acceptors (Lipinski definition) is 4. The molecule has 2 spiro atoms. The number of nitrogens with one attached hydrogen (secondary N) is 1. The lowest BCUT2D eigenvalue weighted by Crippen LogP contribution is -2.55. The van der Waals surface area contributed by atoms with E-state index in [1.54, 1.807) is 5.57 Å². The summed E-state index contributed by atoms with van der Waals surface area (Å²) in [6.07, 6.45) is 15.8. The second-order valence-electron chi connectivity index (χ2n) is 13.4. The van der Waals surface area contributed by atoms with E-state index in [1.807, 2.05) is 0 Å². The van der Waals surface area contributed by atoms with Gasteiger partial charge in [0, 0.05) is 19.2 Å². The fourth-order valence-electron chi connectivity index (χ4n) is 9.36. The van der Waals surface area contributed by atoms with Crippen molar-refractivity contribution in [2.24, 2.45) is 11.3 Å². The van der Waals surface area contributed by atoms with Gasteiger partial charge in [-0.25, -0.2) is 0 Å². The van der Waals surface area contributed by atoms with Crippen LogP contribution in [0.1, 0.15) is 83.1 Å². The lowest BCUT2D eigenvalue weighted by molar-refractivity contribution is -0.136. The summed E-state index contributed by atoms with van der Waals surface area (Å²) in [7, 11) is 0. The first kappa shape index (κ1) is 26.9. The minimum Gasteiger partial charge on any atom is -0.379 e. The van der Waals surface area contributed by atoms with Crippen molar-refractivity contribution in [2.45, 2.75) is 94.8 Å². The summed E-state index contributed by atoms with van der Waals surface area (Å²) in [4.78, 5) is 0. The Labute approximate surface area is 240 Å². The van der Waals surface area contributed by atoms with Crippen molar-refractivity contribution in [2.75, 3.05) is 33.0 Å². The van der Waals surface area contributed by atoms with Crippen molar-refractivity contribution in [1.82, 2.24) is 5.32 Å². The maximum atomic E-state index is 7.50. The lowest BCUT2D eigenvalue weighted by Gasteiger charge is -2.54. The SMILES string of the molecule is CCCOCCOCCN[C@H]1CCC2=CC3=CC[C@]4(C)[C@@H](c5ccc6ccccc6c5)CC[C@H]4[C@@]34CC[C@]2(C1)O4. The van der Waals surface area contributed by atoms with E-state index in [0.717, 1.165) is 39.0 Å². The highest BCUT2D eigenvalue weighted by molar-refractivity contribution is 5.83. The minimum atomic E-state index is -0.0917. The molecule has 4 nitrogen and oxygen atoms in total. The normalized spacial score (nSPS) is 36.1. The highest BCUT2D eigenvalue weighted by atomic mass is 16.5. The predicted octanol–water partition coefficient (Wildman–Crippen LogP) is 7.48. The Morgan fingerprint density at radius 2 is 1.80 bits per heavy atom. The van der Waals surface area contributed by atoms with E-state index in [9.17, 15) is 0 Å². The van der Waals surface area contributed by atoms with Gasteiger partial charge < -0.3 is 19.5 Å². The van der Waals surface area contributed by atoms with Gasteiger partial charge in [0.25, 0.3) is 0 Å². The summed E-state index contributed by atoms with van der Waals surface area (Å²) in [5.41, 5.74) is 4.70. The van der Waals surface area contributed by atoms with Gasteiger partial charge in [0.1, 0.15) is 0 Å². The van der Waals surface area contributed by atoms with Crippen LogP contribution in [-0.2, 0) is 14.2 Å². The number of rotatable bonds is 10. The Hall–Kier alpha value is -1.98. The molecule has 0 aromatic heterocycles. The van der Waals surface area contributed by atoms with Crippen LogP contribution in [0.25, 0.3) is 10.8 Å². The summed E-state index contributed by atoms with van der Waals surface area (Å²) in [5, 5.41) is 6.53. The van der Waals surface area contributed by atoms with Crippen molar-refractivity contribution >= 4 is 10.8 Å². The van der Waals surface area contributed by atoms with Gasteiger partial charge >= 0.3 is 0 Å². The number of fused-ring (bicyclic) bond motifs is 2. The zero-order chi connectivity index (χ0) is 27.2. The minimum absolute atomic E-state index is 0.0681. The fraction of sp³-hybridized carbons (Fsp3) is 0.611. The maximum absolute atomic E-state index is 7.50. The molecule has 1 saturated heterocycles. The zero-order valence-corrected chi connectivity index (χ0v) is 24.6. The summed E-state index contributed by atoms with van der Waals surface area (Å²) in [6, 6.07) is 16.5. The standard InChI is InChI=1S/C36H47NO3/c1-3-19-38-21-22-39-20-18-37-31-11-10-29-24-30-14-15-34(2)32(28-9-8-26-6-4-5-7-27(26)23-28)12-13-33(34)36(30)17-16-35(29,25-31)40-36/h4-9,14,23-24,31-33,37H,3,10-13,15-22,25H2,1-2H3/t31-,32+,33+,34+,35+,36+/m0/s1. The lowest BCUT2D eigenvalue weighted by atomic mass is 9.58. The van der Waals surface area contributed by atoms with Crippen molar-refractivity contribution in [3.8, 4) is 0 Å². The van der Waals surface area contributed by atoms with Crippen LogP contribution < -0.4 is 5.32 Å². The average Bonchev–Trinajstić information content (AvgIpc) is 3.49. The molecule has 3 fully saturated rings. The van der Waals surface area contributed by atoms with Crippen LogP contribution >= 0.6 is 0 Å². The number of benzene rings is 2. The molecule has 6 atom stereocenters. The zero-order valence-electron chi connectivity index (χ0n) is 24.6. The first-order valence-electron chi connectivity index (χ1n) is 16.1. The van der Waals surface area contributed by atoms with Crippen molar-refractivity contribution in [3.63, 3.8) is 0 Å². The van der Waals surface area contributed by atoms with E-state index in [4.69, 9.17) is 14.2 Å². The molecular weight excluding hydrogens is 494 g/mol. The van der Waals surface area contributed by atoms with Gasteiger partial charge in [-0.15, -0.1) is 0 Å². The van der Waals surface area contributed by atoms with Gasteiger partial charge in [-0.05, 0) is 103 Å². The fourth-order valence-corrected chi connectivity index (χ4v) is 9.36. The van der Waals surface area contributed by atoms with E-state index >= 15 is 0 Å². The highest BCUT2D eigenvalue weighted by Gasteiger charge is 2.66. The van der Waals surface area contributed by atoms with Crippen molar-refractivity contribution in [1.29, 1.82) is 0 Å². The average molecular weight is 542 g/mol. The number of hydrogen-bond donors (Lipinski definition) is 1. The molecule has 0 unspecified atom stereocenters. The molecule has 3 aliphatic carbocycles. The number of ether oxygens (including phenoxy) is 3. The second-order valence-corrected chi connectivity index (χ2v) is 13.4. The molecule has 5 aliphatic rings. The van der Waals surface area contributed by atoms with Crippen LogP contribution in [0.15, 0.2) is 65.8 Å². The van der Waals surface area contributed by atoms with Crippen LogP contribution in [-0.4, -0.2) is 50.2 Å². The molecular formula is C36H47NO3. The van der Waals surface area contributed by atoms with Crippen LogP contribution in [0, 0.1) is 11.3 Å². The molecule has 40 heavy (non-hydrogen) atoms. The van der Waals surface area contributed by atoms with Gasteiger partial charge in [0.05, 0.1) is 31.0 Å². The van der Waals surface area contributed by atoms with E-state index < -0.39 is 0 Å². The second kappa shape index (κ2) is 10.7. The van der Waals surface area contributed by atoms with E-state index in [1.165, 1.54) is 60.4 Å². The van der Waals surface area contributed by atoms with Gasteiger partial charge in [-0.1, -0.05) is 68.5 Å². The van der Waals surface area contributed by atoms with Crippen LogP contribution in [0.5, 0.6) is 0 Å². The molecule has 2 saturated carbocycles. The van der Waals surface area contributed by atoms with Crippen molar-refractivity contribution < 1.29 is 14.2 Å². The molecule has 2 aromatic rings. The van der Waals surface area contributed by atoms with Crippen LogP contribution in [0.3, 0.4) is 0 Å². The molecule has 2 aliphatic heterocycles. The largest absolute Gasteiger partial charge is 0.379 e. The monoisotopic (exact) mass is 541 g/mol. The molecule has 2 aromatic carbocycles. The first-order valence-corrected chi connectivity index (χ1v) is 16.1. The van der Waals surface area contributed by atoms with Gasteiger partial charge in [0.15, 0.2) is 0 Å². The summed E-state index contributed by atoms with van der Waals surface area (Å²) >= 11 is 0. The molecule has 1 N–H and O–H groups in total.